The number of thioether (sulfide) groups is 1. The van der Waals surface area contributed by atoms with Crippen LogP contribution in [0.25, 0.3) is 0 Å². The number of hydrogen-bond donors (Lipinski definition) is 1. The summed E-state index contributed by atoms with van der Waals surface area (Å²) in [6.45, 7) is 6.73. The molecule has 4 aliphatic heterocycles. The monoisotopic (exact) mass is 738 g/mol. The molecule has 4 aliphatic rings. The second kappa shape index (κ2) is 13.9. The number of nitrogens with two attached hydrogens (primary N) is 1. The van der Waals surface area contributed by atoms with Crippen LogP contribution in [0.2, 0.25) is 0 Å². The Morgan fingerprint density at radius 1 is 1.19 bits per heavy atom. The molecule has 1 aromatic carbocycles. The summed E-state index contributed by atoms with van der Waals surface area (Å²) in [6.07, 6.45) is -0.652. The number of ether oxygens (including phenoxy) is 1. The third-order valence-corrected chi connectivity index (χ3v) is 11.9. The summed E-state index contributed by atoms with van der Waals surface area (Å²) in [5.41, 5.74) is 9.42. The number of rotatable bonds is 6. The molecule has 10 nitrogen and oxygen atoms in total. The van der Waals surface area contributed by atoms with Crippen molar-refractivity contribution in [1.29, 1.82) is 0 Å². The lowest BCUT2D eigenvalue weighted by molar-refractivity contribution is -0.138. The maximum Gasteiger partial charge on any atom is 0.417 e. The lowest BCUT2D eigenvalue weighted by Gasteiger charge is -2.33. The number of fused-ring (bicyclic) bond motifs is 3. The average molecular weight is 739 g/mol. The minimum absolute atomic E-state index is 0.0768. The molecule has 276 valence electrons. The predicted octanol–water partition coefficient (Wildman–Crippen LogP) is 6.07. The van der Waals surface area contributed by atoms with Gasteiger partial charge in [0.2, 0.25) is 0 Å². The Bertz CT molecular complexity index is 2000. The van der Waals surface area contributed by atoms with E-state index in [2.05, 4.69) is 26.7 Å². The first-order chi connectivity index (χ1) is 24.8. The molecule has 6 heterocycles. The number of hydrogen-bond acceptors (Lipinski definition) is 9. The summed E-state index contributed by atoms with van der Waals surface area (Å²) in [5, 5.41) is 4.06. The Labute approximate surface area is 304 Å². The minimum atomic E-state index is -4.64. The van der Waals surface area contributed by atoms with Gasteiger partial charge >= 0.3 is 12.2 Å². The molecule has 3 aromatic rings. The van der Waals surface area contributed by atoms with Gasteiger partial charge in [0.1, 0.15) is 12.4 Å². The van der Waals surface area contributed by atoms with Crippen molar-refractivity contribution in [1.82, 2.24) is 29.5 Å². The smallest absolute Gasteiger partial charge is 0.417 e. The van der Waals surface area contributed by atoms with E-state index < -0.39 is 17.0 Å². The van der Waals surface area contributed by atoms with Gasteiger partial charge in [-0.05, 0) is 69.3 Å². The first-order valence-corrected chi connectivity index (χ1v) is 18.5. The highest BCUT2D eigenvalue weighted by molar-refractivity contribution is 7.98. The van der Waals surface area contributed by atoms with Gasteiger partial charge in [-0.25, -0.2) is 4.39 Å². The van der Waals surface area contributed by atoms with Crippen molar-refractivity contribution in [2.24, 2.45) is 0 Å². The summed E-state index contributed by atoms with van der Waals surface area (Å²) in [4.78, 5) is 28.7. The van der Waals surface area contributed by atoms with Gasteiger partial charge in [-0.15, -0.1) is 17.7 Å². The summed E-state index contributed by atoms with van der Waals surface area (Å²) in [7, 11) is 3.39. The molecule has 2 fully saturated rings. The molecule has 1 unspecified atom stereocenters. The van der Waals surface area contributed by atoms with E-state index in [1.165, 1.54) is 35.7 Å². The van der Waals surface area contributed by atoms with Crippen LogP contribution in [-0.2, 0) is 31.4 Å². The van der Waals surface area contributed by atoms with Gasteiger partial charge in [0.15, 0.2) is 5.69 Å². The van der Waals surface area contributed by atoms with Crippen LogP contribution < -0.4 is 15.4 Å². The standard InChI is InChI=1S/C37H42F4N8O2S/c1-5-8-24-13-25(42)14-26(31(24)37(39,40)41)30-15-28-27(20-52-30)33(44-35(43-28)51-21-36-9-6-11-48(36)18-23(16-36)17-38)47-10-7-12-49-29(19-47)22(2)32(45-49)34(50)46(3)4/h13-14,17,30H,6-7,9-12,15-16,18-21,42H2,1-4H3/b23-17-/t30?,36-/m0/s1. The number of aryl methyl sites for hydroxylation is 1. The summed E-state index contributed by atoms with van der Waals surface area (Å²) >= 11 is 1.39. The van der Waals surface area contributed by atoms with Crippen LogP contribution in [0.15, 0.2) is 24.0 Å². The molecule has 2 N–H and O–H groups in total. The Hall–Kier alpha value is -4.29. The number of nitrogen functional groups attached to an aromatic ring is 1. The zero-order chi connectivity index (χ0) is 36.9. The van der Waals surface area contributed by atoms with Crippen molar-refractivity contribution in [2.75, 3.05) is 51.0 Å². The van der Waals surface area contributed by atoms with Gasteiger partial charge in [-0.2, -0.15) is 28.2 Å². The lowest BCUT2D eigenvalue weighted by atomic mass is 9.94. The van der Waals surface area contributed by atoms with Crippen molar-refractivity contribution in [3.63, 3.8) is 0 Å². The maximum absolute atomic E-state index is 14.6. The first kappa shape index (κ1) is 36.1. The van der Waals surface area contributed by atoms with Crippen molar-refractivity contribution < 1.29 is 27.1 Å². The van der Waals surface area contributed by atoms with Crippen LogP contribution >= 0.6 is 11.8 Å². The number of aromatic nitrogens is 4. The van der Waals surface area contributed by atoms with E-state index in [-0.39, 0.29) is 47.3 Å². The van der Waals surface area contributed by atoms with Crippen LogP contribution in [0.4, 0.5) is 29.1 Å². The molecule has 0 bridgehead atoms. The van der Waals surface area contributed by atoms with Crippen molar-refractivity contribution in [2.45, 2.75) is 81.8 Å². The zero-order valence-corrected chi connectivity index (χ0v) is 30.6. The predicted molar refractivity (Wildman–Crippen MR) is 192 cm³/mol. The number of carbonyl (C=O) groups is 1. The van der Waals surface area contributed by atoms with Crippen LogP contribution in [0.1, 0.15) is 87.6 Å². The Morgan fingerprint density at radius 2 is 2.00 bits per heavy atom. The van der Waals surface area contributed by atoms with Crippen molar-refractivity contribution in [3.8, 4) is 17.9 Å². The number of amides is 1. The van der Waals surface area contributed by atoms with Crippen LogP contribution in [0, 0.1) is 18.8 Å². The molecule has 52 heavy (non-hydrogen) atoms. The summed E-state index contributed by atoms with van der Waals surface area (Å²) in [5.74, 6) is 6.05. The van der Waals surface area contributed by atoms with Crippen LogP contribution in [-0.4, -0.2) is 81.3 Å². The molecule has 2 aromatic heterocycles. The maximum atomic E-state index is 14.6. The topological polar surface area (TPSA) is 106 Å². The Morgan fingerprint density at radius 3 is 2.73 bits per heavy atom. The molecular weight excluding hydrogens is 697 g/mol. The number of anilines is 2. The van der Waals surface area contributed by atoms with E-state index in [0.29, 0.717) is 61.9 Å². The summed E-state index contributed by atoms with van der Waals surface area (Å²) < 4.78 is 65.9. The SMILES string of the molecule is CC#Cc1cc(N)cc(C2Cc3nc(OC[C@@]45CCCN4C/C(=C\F)C5)nc(N4CCCn5nc(C(=O)N(C)C)c(C)c5C4)c3CS2)c1C(F)(F)F. The molecule has 7 rings (SSSR count). The fraction of sp³-hybridized carbons (Fsp3) is 0.514. The van der Waals surface area contributed by atoms with Gasteiger partial charge < -0.3 is 20.3 Å². The minimum Gasteiger partial charge on any atom is -0.461 e. The molecule has 0 aliphatic carbocycles. The molecule has 0 saturated carbocycles. The van der Waals surface area contributed by atoms with E-state index in [1.807, 2.05) is 11.6 Å². The number of benzene rings is 1. The number of carbonyl (C=O) groups excluding carboxylic acids is 1. The molecule has 0 radical (unpaired) electrons. The second-order valence-electron chi connectivity index (χ2n) is 14.3. The van der Waals surface area contributed by atoms with Gasteiger partial charge in [-0.1, -0.05) is 5.92 Å². The van der Waals surface area contributed by atoms with Crippen molar-refractivity contribution >= 4 is 29.2 Å². The quantitative estimate of drug-likeness (QED) is 0.184. The van der Waals surface area contributed by atoms with E-state index in [9.17, 15) is 22.4 Å². The highest BCUT2D eigenvalue weighted by Gasteiger charge is 2.47. The number of alkyl halides is 3. The van der Waals surface area contributed by atoms with E-state index in [0.717, 1.165) is 48.2 Å². The first-order valence-electron chi connectivity index (χ1n) is 17.5. The van der Waals surface area contributed by atoms with Crippen molar-refractivity contribution in [3.05, 3.63) is 68.9 Å². The Kier molecular flexibility index (Phi) is 9.66. The molecule has 1 amide bonds. The summed E-state index contributed by atoms with van der Waals surface area (Å²) in [6, 6.07) is 2.82. The molecule has 15 heteroatoms. The highest BCUT2D eigenvalue weighted by atomic mass is 32.2. The van der Waals surface area contributed by atoms with Gasteiger partial charge in [0, 0.05) is 73.5 Å². The fourth-order valence-corrected chi connectivity index (χ4v) is 9.44. The van der Waals surface area contributed by atoms with E-state index >= 15 is 0 Å². The third-order valence-electron chi connectivity index (χ3n) is 10.6. The average Bonchev–Trinajstić information content (AvgIpc) is 3.69. The number of halogens is 4. The van der Waals surface area contributed by atoms with Crippen LogP contribution in [0.3, 0.4) is 0 Å². The molecule has 2 saturated heterocycles. The number of nitrogens with zero attached hydrogens (tertiary/aromatic N) is 7. The largest absolute Gasteiger partial charge is 0.461 e. The van der Waals surface area contributed by atoms with Crippen LogP contribution in [0.5, 0.6) is 6.01 Å². The third kappa shape index (κ3) is 6.59. The zero-order valence-electron chi connectivity index (χ0n) is 29.7. The van der Waals surface area contributed by atoms with Gasteiger partial charge in [0.25, 0.3) is 5.91 Å². The van der Waals surface area contributed by atoms with E-state index in [1.54, 1.807) is 14.1 Å². The fourth-order valence-electron chi connectivity index (χ4n) is 8.14. The normalized spacial score (nSPS) is 22.3. The van der Waals surface area contributed by atoms with E-state index in [4.69, 9.17) is 20.4 Å². The molecule has 0 spiro atoms. The molecule has 2 atom stereocenters. The van der Waals surface area contributed by atoms with Gasteiger partial charge in [-0.3, -0.25) is 14.4 Å². The molecular formula is C37H42F4N8O2S. The second-order valence-corrected chi connectivity index (χ2v) is 15.5. The highest BCUT2D eigenvalue weighted by Crippen LogP contribution is 2.49. The van der Waals surface area contributed by atoms with Gasteiger partial charge in [0.05, 0.1) is 35.4 Å². The lowest BCUT2D eigenvalue weighted by Crippen LogP contribution is -2.43. The Balaban J connectivity index is 1.28.